The molecule has 2 aromatic carbocycles. The van der Waals surface area contributed by atoms with E-state index in [-0.39, 0.29) is 34.7 Å². The first-order valence-corrected chi connectivity index (χ1v) is 12.6. The number of carbonyl (C=O) groups excluding carboxylic acids is 1. The van der Waals surface area contributed by atoms with E-state index in [9.17, 15) is 21.6 Å². The standard InChI is InChI=1S/C20H24N2O5S2/c1-21(17-8-4-3-5-9-17)20(23)16-12-14-22(15-13-16)29(26,27)19-11-7-6-10-18(19)28(2,24)25/h3-11,16H,12-15H2,1-2H3. The fourth-order valence-electron chi connectivity index (χ4n) is 3.50. The first-order chi connectivity index (χ1) is 13.6. The van der Waals surface area contributed by atoms with Crippen molar-refractivity contribution < 1.29 is 21.6 Å². The van der Waals surface area contributed by atoms with E-state index in [1.54, 1.807) is 11.9 Å². The number of hydrogen-bond acceptors (Lipinski definition) is 5. The third kappa shape index (κ3) is 4.52. The largest absolute Gasteiger partial charge is 0.315 e. The molecule has 1 aliphatic rings. The van der Waals surface area contributed by atoms with Gasteiger partial charge in [0.2, 0.25) is 15.9 Å². The summed E-state index contributed by atoms with van der Waals surface area (Å²) in [6.45, 7) is 0.332. The summed E-state index contributed by atoms with van der Waals surface area (Å²) in [5.41, 5.74) is 0.787. The first-order valence-electron chi connectivity index (χ1n) is 9.24. The molecule has 0 atom stereocenters. The summed E-state index contributed by atoms with van der Waals surface area (Å²) in [5, 5.41) is 0. The number of piperidine rings is 1. The third-order valence-corrected chi connectivity index (χ3v) is 8.38. The third-order valence-electron chi connectivity index (χ3n) is 5.14. The second kappa shape index (κ2) is 8.25. The van der Waals surface area contributed by atoms with Gasteiger partial charge in [0, 0.05) is 38.0 Å². The molecule has 0 bridgehead atoms. The lowest BCUT2D eigenvalue weighted by Gasteiger charge is -2.32. The van der Waals surface area contributed by atoms with Gasteiger partial charge >= 0.3 is 0 Å². The number of benzene rings is 2. The minimum atomic E-state index is -3.97. The van der Waals surface area contributed by atoms with Crippen LogP contribution in [0.3, 0.4) is 0 Å². The molecule has 0 radical (unpaired) electrons. The van der Waals surface area contributed by atoms with E-state index in [0.717, 1.165) is 11.9 Å². The van der Waals surface area contributed by atoms with Crippen LogP contribution in [0, 0.1) is 5.92 Å². The highest BCUT2D eigenvalue weighted by Crippen LogP contribution is 2.29. The van der Waals surface area contributed by atoms with E-state index in [1.807, 2.05) is 30.3 Å². The Morgan fingerprint density at radius 1 is 0.897 bits per heavy atom. The molecule has 0 spiro atoms. The molecular formula is C20H24N2O5S2. The van der Waals surface area contributed by atoms with Crippen molar-refractivity contribution in [2.24, 2.45) is 5.92 Å². The van der Waals surface area contributed by atoms with Crippen LogP contribution in [-0.2, 0) is 24.7 Å². The summed E-state index contributed by atoms with van der Waals surface area (Å²) in [5.74, 6) is -0.332. The van der Waals surface area contributed by atoms with Crippen molar-refractivity contribution in [1.82, 2.24) is 4.31 Å². The van der Waals surface area contributed by atoms with Gasteiger partial charge in [-0.1, -0.05) is 30.3 Å². The Hall–Kier alpha value is -2.23. The molecule has 1 saturated heterocycles. The molecule has 7 nitrogen and oxygen atoms in total. The number of sulfone groups is 1. The van der Waals surface area contributed by atoms with Crippen LogP contribution in [-0.4, -0.2) is 53.4 Å². The Bertz CT molecular complexity index is 1090. The summed E-state index contributed by atoms with van der Waals surface area (Å²) >= 11 is 0. The van der Waals surface area contributed by atoms with E-state index in [4.69, 9.17) is 0 Å². The van der Waals surface area contributed by atoms with Gasteiger partial charge in [0.05, 0.1) is 4.90 Å². The fourth-order valence-corrected chi connectivity index (χ4v) is 6.58. The SMILES string of the molecule is CN(C(=O)C1CCN(S(=O)(=O)c2ccccc2S(C)(=O)=O)CC1)c1ccccc1. The second-order valence-electron chi connectivity index (χ2n) is 7.13. The Balaban J connectivity index is 1.75. The molecule has 1 heterocycles. The average Bonchev–Trinajstić information content (AvgIpc) is 2.73. The number of para-hydroxylation sites is 1. The zero-order valence-electron chi connectivity index (χ0n) is 16.4. The summed E-state index contributed by atoms with van der Waals surface area (Å²) in [7, 11) is -5.94. The van der Waals surface area contributed by atoms with E-state index in [2.05, 4.69) is 0 Å². The molecule has 156 valence electrons. The molecule has 0 N–H and O–H groups in total. The molecule has 3 rings (SSSR count). The van der Waals surface area contributed by atoms with Crippen molar-refractivity contribution in [3.63, 3.8) is 0 Å². The Kier molecular flexibility index (Phi) is 6.11. The zero-order chi connectivity index (χ0) is 21.2. The molecule has 0 saturated carbocycles. The van der Waals surface area contributed by atoms with Crippen LogP contribution in [0.15, 0.2) is 64.4 Å². The Morgan fingerprint density at radius 3 is 1.97 bits per heavy atom. The molecule has 29 heavy (non-hydrogen) atoms. The van der Waals surface area contributed by atoms with Gasteiger partial charge in [0.15, 0.2) is 9.84 Å². The van der Waals surface area contributed by atoms with Crippen LogP contribution < -0.4 is 4.90 Å². The van der Waals surface area contributed by atoms with Gasteiger partial charge in [-0.15, -0.1) is 0 Å². The summed E-state index contributed by atoms with van der Waals surface area (Å²) in [6, 6.07) is 14.9. The van der Waals surface area contributed by atoms with E-state index < -0.39 is 19.9 Å². The first kappa shape index (κ1) is 21.5. The lowest BCUT2D eigenvalue weighted by Crippen LogP contribution is -2.43. The summed E-state index contributed by atoms with van der Waals surface area (Å²) < 4.78 is 51.4. The van der Waals surface area contributed by atoms with Crippen LogP contribution >= 0.6 is 0 Å². The number of sulfonamides is 1. The van der Waals surface area contributed by atoms with Crippen molar-refractivity contribution in [3.05, 3.63) is 54.6 Å². The van der Waals surface area contributed by atoms with Gasteiger partial charge in [0.1, 0.15) is 4.90 Å². The molecule has 0 aromatic heterocycles. The highest BCUT2D eigenvalue weighted by atomic mass is 32.2. The maximum absolute atomic E-state index is 13.1. The number of amides is 1. The average molecular weight is 437 g/mol. The van der Waals surface area contributed by atoms with Crippen molar-refractivity contribution in [2.75, 3.05) is 31.3 Å². The van der Waals surface area contributed by atoms with Crippen LogP contribution in [0.25, 0.3) is 0 Å². The van der Waals surface area contributed by atoms with Gasteiger partial charge < -0.3 is 4.90 Å². The molecule has 0 unspecified atom stereocenters. The maximum Gasteiger partial charge on any atom is 0.244 e. The van der Waals surface area contributed by atoms with E-state index in [1.165, 1.54) is 28.6 Å². The molecule has 0 aliphatic carbocycles. The topological polar surface area (TPSA) is 91.8 Å². The second-order valence-corrected chi connectivity index (χ2v) is 11.0. The van der Waals surface area contributed by atoms with E-state index in [0.29, 0.717) is 12.8 Å². The number of nitrogens with zero attached hydrogens (tertiary/aromatic N) is 2. The summed E-state index contributed by atoms with van der Waals surface area (Å²) in [6.07, 6.45) is 1.76. The van der Waals surface area contributed by atoms with Crippen LogP contribution in [0.2, 0.25) is 0 Å². The van der Waals surface area contributed by atoms with Gasteiger partial charge in [0.25, 0.3) is 0 Å². The van der Waals surface area contributed by atoms with Gasteiger partial charge in [-0.05, 0) is 37.1 Å². The minimum Gasteiger partial charge on any atom is -0.315 e. The highest BCUT2D eigenvalue weighted by molar-refractivity contribution is 7.93. The van der Waals surface area contributed by atoms with Crippen molar-refractivity contribution in [2.45, 2.75) is 22.6 Å². The van der Waals surface area contributed by atoms with Crippen LogP contribution in [0.1, 0.15) is 12.8 Å². The van der Waals surface area contributed by atoms with Crippen LogP contribution in [0.4, 0.5) is 5.69 Å². The normalized spacial score (nSPS) is 16.5. The highest BCUT2D eigenvalue weighted by Gasteiger charge is 2.35. The number of carbonyl (C=O) groups is 1. The van der Waals surface area contributed by atoms with E-state index >= 15 is 0 Å². The molecule has 1 aliphatic heterocycles. The fraction of sp³-hybridized carbons (Fsp3) is 0.350. The number of anilines is 1. The molecule has 1 fully saturated rings. The Morgan fingerprint density at radius 2 is 1.41 bits per heavy atom. The minimum absolute atomic E-state index is 0.0511. The number of hydrogen-bond donors (Lipinski definition) is 0. The summed E-state index contributed by atoms with van der Waals surface area (Å²) in [4.78, 5) is 14.0. The smallest absolute Gasteiger partial charge is 0.244 e. The number of rotatable bonds is 5. The Labute approximate surface area is 171 Å². The molecule has 9 heteroatoms. The van der Waals surface area contributed by atoms with Crippen molar-refractivity contribution in [1.29, 1.82) is 0 Å². The molecule has 1 amide bonds. The van der Waals surface area contributed by atoms with Gasteiger partial charge in [-0.25, -0.2) is 16.8 Å². The molecular weight excluding hydrogens is 412 g/mol. The van der Waals surface area contributed by atoms with Crippen molar-refractivity contribution >= 4 is 31.5 Å². The van der Waals surface area contributed by atoms with Crippen molar-refractivity contribution in [3.8, 4) is 0 Å². The maximum atomic E-state index is 13.1. The van der Waals surface area contributed by atoms with Gasteiger partial charge in [-0.3, -0.25) is 4.79 Å². The van der Waals surface area contributed by atoms with Crippen LogP contribution in [0.5, 0.6) is 0 Å². The lowest BCUT2D eigenvalue weighted by molar-refractivity contribution is -0.123. The van der Waals surface area contributed by atoms with Gasteiger partial charge in [-0.2, -0.15) is 4.31 Å². The lowest BCUT2D eigenvalue weighted by atomic mass is 9.96. The quantitative estimate of drug-likeness (QED) is 0.716. The predicted octanol–water partition coefficient (Wildman–Crippen LogP) is 2.15. The molecule has 2 aromatic rings. The predicted molar refractivity (Wildman–Crippen MR) is 111 cm³/mol. The zero-order valence-corrected chi connectivity index (χ0v) is 18.0. The monoisotopic (exact) mass is 436 g/mol.